The Morgan fingerprint density at radius 2 is 2.05 bits per heavy atom. The lowest BCUT2D eigenvalue weighted by atomic mass is 10.2. The molecule has 1 aromatic carbocycles. The zero-order valence-electron chi connectivity index (χ0n) is 10.3. The Morgan fingerprint density at radius 1 is 1.21 bits per heavy atom. The molecule has 0 spiro atoms. The van der Waals surface area contributed by atoms with Gasteiger partial charge in [0.1, 0.15) is 12.1 Å². The summed E-state index contributed by atoms with van der Waals surface area (Å²) in [5.41, 5.74) is 1.00. The first kappa shape index (κ1) is 13.4. The van der Waals surface area contributed by atoms with Crippen LogP contribution >= 0.6 is 11.8 Å². The Labute approximate surface area is 116 Å². The van der Waals surface area contributed by atoms with Crippen LogP contribution in [0.5, 0.6) is 5.75 Å². The molecule has 2 aromatic rings. The molecule has 0 amide bonds. The molecule has 1 heterocycles. The van der Waals surface area contributed by atoms with Gasteiger partial charge in [-0.1, -0.05) is 12.1 Å². The molecule has 0 saturated carbocycles. The molecule has 0 aliphatic heterocycles. The average molecular weight is 271 g/mol. The van der Waals surface area contributed by atoms with Crippen LogP contribution in [0, 0.1) is 11.3 Å². The Bertz CT molecular complexity index is 537. The van der Waals surface area contributed by atoms with E-state index in [9.17, 15) is 0 Å². The molecule has 0 fully saturated rings. The number of nitrogens with zero attached hydrogens (tertiary/aromatic N) is 3. The third kappa shape index (κ3) is 4.60. The first-order valence-corrected chi connectivity index (χ1v) is 6.84. The zero-order chi connectivity index (χ0) is 13.3. The molecule has 0 aliphatic carbocycles. The van der Waals surface area contributed by atoms with Gasteiger partial charge in [-0.2, -0.15) is 5.26 Å². The smallest absolute Gasteiger partial charge is 0.119 e. The van der Waals surface area contributed by atoms with Gasteiger partial charge in [0.05, 0.1) is 24.1 Å². The van der Waals surface area contributed by atoms with Crippen molar-refractivity contribution in [1.82, 2.24) is 9.97 Å². The fourth-order valence-corrected chi connectivity index (χ4v) is 2.12. The van der Waals surface area contributed by atoms with Crippen molar-refractivity contribution in [3.8, 4) is 11.8 Å². The largest absolute Gasteiger partial charge is 0.493 e. The monoisotopic (exact) mass is 271 g/mol. The van der Waals surface area contributed by atoms with Gasteiger partial charge in [-0.25, -0.2) is 9.97 Å². The predicted octanol–water partition coefficient (Wildman–Crippen LogP) is 2.71. The van der Waals surface area contributed by atoms with Crippen LogP contribution in [0.25, 0.3) is 0 Å². The summed E-state index contributed by atoms with van der Waals surface area (Å²) < 4.78 is 5.61. The van der Waals surface area contributed by atoms with Crippen LogP contribution < -0.4 is 4.74 Å². The number of thioether (sulfide) groups is 1. The SMILES string of the molecule is N#CCc1ccc(OCCSc2ccncn2)cc1. The zero-order valence-corrected chi connectivity index (χ0v) is 11.1. The second-order valence-corrected chi connectivity index (χ2v) is 4.84. The van der Waals surface area contributed by atoms with E-state index in [-0.39, 0.29) is 0 Å². The molecular weight excluding hydrogens is 258 g/mol. The molecule has 0 radical (unpaired) electrons. The van der Waals surface area contributed by atoms with Crippen molar-refractivity contribution >= 4 is 11.8 Å². The van der Waals surface area contributed by atoms with E-state index < -0.39 is 0 Å². The van der Waals surface area contributed by atoms with E-state index >= 15 is 0 Å². The van der Waals surface area contributed by atoms with Gasteiger partial charge in [-0.15, -0.1) is 11.8 Å². The average Bonchev–Trinajstić information content (AvgIpc) is 2.47. The third-order valence-electron chi connectivity index (χ3n) is 2.36. The fraction of sp³-hybridized carbons (Fsp3) is 0.214. The highest BCUT2D eigenvalue weighted by atomic mass is 32.2. The number of nitriles is 1. The van der Waals surface area contributed by atoms with E-state index in [1.54, 1.807) is 18.0 Å². The fourth-order valence-electron chi connectivity index (χ4n) is 1.46. The maximum Gasteiger partial charge on any atom is 0.119 e. The predicted molar refractivity (Wildman–Crippen MR) is 74.0 cm³/mol. The van der Waals surface area contributed by atoms with E-state index in [1.165, 1.54) is 6.33 Å². The first-order chi connectivity index (χ1) is 9.38. The molecule has 4 nitrogen and oxygen atoms in total. The molecule has 0 aliphatic rings. The maximum absolute atomic E-state index is 8.58. The van der Waals surface area contributed by atoms with Crippen LogP contribution in [0.3, 0.4) is 0 Å². The molecular formula is C14H13N3OS. The molecule has 0 unspecified atom stereocenters. The molecule has 5 heteroatoms. The highest BCUT2D eigenvalue weighted by Gasteiger charge is 1.97. The van der Waals surface area contributed by atoms with Gasteiger partial charge in [0.25, 0.3) is 0 Å². The van der Waals surface area contributed by atoms with Crippen molar-refractivity contribution in [2.24, 2.45) is 0 Å². The van der Waals surface area contributed by atoms with Crippen LogP contribution in [-0.2, 0) is 6.42 Å². The van der Waals surface area contributed by atoms with E-state index in [4.69, 9.17) is 10.00 Å². The van der Waals surface area contributed by atoms with Crippen molar-refractivity contribution in [3.05, 3.63) is 48.4 Å². The summed E-state index contributed by atoms with van der Waals surface area (Å²) >= 11 is 1.63. The molecule has 96 valence electrons. The van der Waals surface area contributed by atoms with Crippen molar-refractivity contribution in [1.29, 1.82) is 5.26 Å². The summed E-state index contributed by atoms with van der Waals surface area (Å²) in [6.07, 6.45) is 3.70. The minimum atomic E-state index is 0.434. The van der Waals surface area contributed by atoms with E-state index in [2.05, 4.69) is 16.0 Å². The van der Waals surface area contributed by atoms with Crippen molar-refractivity contribution in [2.75, 3.05) is 12.4 Å². The number of hydrogen-bond acceptors (Lipinski definition) is 5. The van der Waals surface area contributed by atoms with Crippen molar-refractivity contribution in [3.63, 3.8) is 0 Å². The van der Waals surface area contributed by atoms with Crippen LogP contribution in [0.2, 0.25) is 0 Å². The van der Waals surface area contributed by atoms with Crippen LogP contribution in [0.15, 0.2) is 47.9 Å². The molecule has 1 aromatic heterocycles. The highest BCUT2D eigenvalue weighted by molar-refractivity contribution is 7.99. The maximum atomic E-state index is 8.58. The Balaban J connectivity index is 1.72. The lowest BCUT2D eigenvalue weighted by Crippen LogP contribution is -2.00. The lowest BCUT2D eigenvalue weighted by Gasteiger charge is -2.06. The normalized spacial score (nSPS) is 9.84. The molecule has 0 saturated heterocycles. The van der Waals surface area contributed by atoms with Gasteiger partial charge in [-0.3, -0.25) is 0 Å². The summed E-state index contributed by atoms with van der Waals surface area (Å²) in [5, 5.41) is 9.52. The lowest BCUT2D eigenvalue weighted by molar-refractivity contribution is 0.344. The van der Waals surface area contributed by atoms with Gasteiger partial charge in [0.15, 0.2) is 0 Å². The van der Waals surface area contributed by atoms with E-state index in [1.807, 2.05) is 30.3 Å². The molecule has 19 heavy (non-hydrogen) atoms. The Morgan fingerprint density at radius 3 is 2.74 bits per heavy atom. The minimum absolute atomic E-state index is 0.434. The second-order valence-electron chi connectivity index (χ2n) is 3.72. The number of ether oxygens (including phenoxy) is 1. The van der Waals surface area contributed by atoms with Crippen molar-refractivity contribution in [2.45, 2.75) is 11.4 Å². The summed E-state index contributed by atoms with van der Waals surface area (Å²) in [6, 6.07) is 11.6. The Hall–Kier alpha value is -2.06. The summed E-state index contributed by atoms with van der Waals surface area (Å²) in [4.78, 5) is 7.99. The van der Waals surface area contributed by atoms with Gasteiger partial charge >= 0.3 is 0 Å². The second kappa shape index (κ2) is 7.39. The third-order valence-corrected chi connectivity index (χ3v) is 3.27. The number of aromatic nitrogens is 2. The van der Waals surface area contributed by atoms with Crippen LogP contribution in [0.1, 0.15) is 5.56 Å². The number of benzene rings is 1. The van der Waals surface area contributed by atoms with E-state index in [0.717, 1.165) is 22.1 Å². The van der Waals surface area contributed by atoms with Gasteiger partial charge in [0.2, 0.25) is 0 Å². The highest BCUT2D eigenvalue weighted by Crippen LogP contribution is 2.15. The molecule has 0 bridgehead atoms. The van der Waals surface area contributed by atoms with Gasteiger partial charge in [-0.05, 0) is 23.8 Å². The number of hydrogen-bond donors (Lipinski definition) is 0. The molecule has 2 rings (SSSR count). The minimum Gasteiger partial charge on any atom is -0.493 e. The van der Waals surface area contributed by atoms with Crippen molar-refractivity contribution < 1.29 is 4.74 Å². The summed E-state index contributed by atoms with van der Waals surface area (Å²) in [5.74, 6) is 1.65. The molecule has 0 atom stereocenters. The standard InChI is InChI=1S/C14H13N3OS/c15-7-5-12-1-3-13(4-2-12)18-9-10-19-14-6-8-16-11-17-14/h1-4,6,8,11H,5,9-10H2. The van der Waals surface area contributed by atoms with Gasteiger partial charge < -0.3 is 4.74 Å². The quantitative estimate of drug-likeness (QED) is 0.459. The Kier molecular flexibility index (Phi) is 5.20. The first-order valence-electron chi connectivity index (χ1n) is 5.86. The summed E-state index contributed by atoms with van der Waals surface area (Å²) in [6.45, 7) is 0.617. The number of rotatable bonds is 6. The van der Waals surface area contributed by atoms with E-state index in [0.29, 0.717) is 13.0 Å². The van der Waals surface area contributed by atoms with Crippen LogP contribution in [-0.4, -0.2) is 22.3 Å². The topological polar surface area (TPSA) is 58.8 Å². The molecule has 0 N–H and O–H groups in total. The van der Waals surface area contributed by atoms with Crippen LogP contribution in [0.4, 0.5) is 0 Å². The van der Waals surface area contributed by atoms with Gasteiger partial charge in [0, 0.05) is 11.9 Å². The summed E-state index contributed by atoms with van der Waals surface area (Å²) in [7, 11) is 0.